The van der Waals surface area contributed by atoms with E-state index >= 15 is 0 Å². The number of hydrogen-bond acceptors (Lipinski definition) is 4. The summed E-state index contributed by atoms with van der Waals surface area (Å²) in [6, 6.07) is -0.327. The van der Waals surface area contributed by atoms with Gasteiger partial charge in [0.1, 0.15) is 12.4 Å². The maximum absolute atomic E-state index is 12.3. The molecular formula is C15H24N6O2. The Balaban J connectivity index is 1.59. The van der Waals surface area contributed by atoms with E-state index in [0.717, 1.165) is 25.1 Å². The van der Waals surface area contributed by atoms with Crippen molar-refractivity contribution < 1.29 is 9.59 Å². The number of aromatic nitrogens is 3. The van der Waals surface area contributed by atoms with Crippen molar-refractivity contribution in [3.63, 3.8) is 0 Å². The highest BCUT2D eigenvalue weighted by Gasteiger charge is 2.32. The zero-order valence-corrected chi connectivity index (χ0v) is 13.3. The van der Waals surface area contributed by atoms with Gasteiger partial charge in [0.2, 0.25) is 5.91 Å². The molecule has 0 bridgehead atoms. The van der Waals surface area contributed by atoms with Crippen molar-refractivity contribution in [3.8, 4) is 0 Å². The molecule has 1 aliphatic heterocycles. The minimum atomic E-state index is -0.494. The van der Waals surface area contributed by atoms with Crippen LogP contribution in [0.4, 0.5) is 4.79 Å². The lowest BCUT2D eigenvalue weighted by molar-refractivity contribution is -0.121. The van der Waals surface area contributed by atoms with Gasteiger partial charge in [-0.3, -0.25) is 4.79 Å². The summed E-state index contributed by atoms with van der Waals surface area (Å²) in [5.74, 6) is 0.322. The maximum atomic E-state index is 12.3. The predicted molar refractivity (Wildman–Crippen MR) is 83.3 cm³/mol. The second kappa shape index (κ2) is 6.97. The number of likely N-dealkylation sites (tertiary alicyclic amines) is 1. The third-order valence-corrected chi connectivity index (χ3v) is 4.86. The molecule has 2 heterocycles. The lowest BCUT2D eigenvalue weighted by Gasteiger charge is -2.25. The highest BCUT2D eigenvalue weighted by Crippen LogP contribution is 2.28. The van der Waals surface area contributed by atoms with Gasteiger partial charge in [-0.2, -0.15) is 0 Å². The van der Waals surface area contributed by atoms with Crippen LogP contribution in [0.25, 0.3) is 0 Å². The Morgan fingerprint density at radius 2 is 2.00 bits per heavy atom. The third-order valence-electron chi connectivity index (χ3n) is 4.86. The number of amides is 3. The van der Waals surface area contributed by atoms with E-state index in [1.165, 1.54) is 24.2 Å². The van der Waals surface area contributed by atoms with Gasteiger partial charge >= 0.3 is 6.03 Å². The Morgan fingerprint density at radius 3 is 2.74 bits per heavy atom. The first-order chi connectivity index (χ1) is 11.2. The van der Waals surface area contributed by atoms with Crippen LogP contribution in [0.3, 0.4) is 0 Å². The Morgan fingerprint density at radius 1 is 1.22 bits per heavy atom. The average molecular weight is 320 g/mol. The molecule has 1 aromatic rings. The fourth-order valence-electron chi connectivity index (χ4n) is 3.62. The second-order valence-electron chi connectivity index (χ2n) is 6.36. The highest BCUT2D eigenvalue weighted by atomic mass is 16.2. The molecule has 0 radical (unpaired) electrons. The molecule has 126 valence electrons. The van der Waals surface area contributed by atoms with Crippen molar-refractivity contribution >= 4 is 11.9 Å². The van der Waals surface area contributed by atoms with E-state index in [0.29, 0.717) is 25.6 Å². The van der Waals surface area contributed by atoms with Gasteiger partial charge in [0.25, 0.3) is 0 Å². The van der Waals surface area contributed by atoms with Crippen LogP contribution in [-0.4, -0.2) is 44.2 Å². The van der Waals surface area contributed by atoms with Gasteiger partial charge in [0.05, 0.1) is 6.54 Å². The van der Waals surface area contributed by atoms with Gasteiger partial charge in [0, 0.05) is 12.6 Å². The number of rotatable bonds is 4. The van der Waals surface area contributed by atoms with Gasteiger partial charge < -0.3 is 20.5 Å². The molecule has 1 aromatic heterocycles. The van der Waals surface area contributed by atoms with Gasteiger partial charge in [0.15, 0.2) is 5.82 Å². The summed E-state index contributed by atoms with van der Waals surface area (Å²) in [5, 5.41) is 11.0. The molecule has 3 rings (SSSR count). The highest BCUT2D eigenvalue weighted by molar-refractivity contribution is 5.86. The molecule has 3 amide bonds. The molecule has 3 N–H and O–H groups in total. The molecule has 8 heteroatoms. The molecule has 0 spiro atoms. The minimum absolute atomic E-state index is 0.260. The Hall–Kier alpha value is -2.12. The number of hydrogen-bond donors (Lipinski definition) is 2. The van der Waals surface area contributed by atoms with Gasteiger partial charge in [-0.25, -0.2) is 4.79 Å². The van der Waals surface area contributed by atoms with Crippen molar-refractivity contribution in [1.29, 1.82) is 0 Å². The average Bonchev–Trinajstić information content (AvgIpc) is 3.22. The first kappa shape index (κ1) is 15.8. The largest absolute Gasteiger partial charge is 0.368 e. The van der Waals surface area contributed by atoms with Crippen molar-refractivity contribution in [2.75, 3.05) is 6.54 Å². The monoisotopic (exact) mass is 320 g/mol. The van der Waals surface area contributed by atoms with Crippen LogP contribution < -0.4 is 11.1 Å². The van der Waals surface area contributed by atoms with Crippen LogP contribution >= 0.6 is 0 Å². The molecule has 23 heavy (non-hydrogen) atoms. The topological polar surface area (TPSA) is 106 Å². The fraction of sp³-hybridized carbons (Fsp3) is 0.733. The molecule has 0 aromatic carbocycles. The summed E-state index contributed by atoms with van der Waals surface area (Å²) >= 11 is 0. The van der Waals surface area contributed by atoms with E-state index in [1.54, 1.807) is 6.33 Å². The summed E-state index contributed by atoms with van der Waals surface area (Å²) in [6.45, 7) is 0.881. The van der Waals surface area contributed by atoms with E-state index in [-0.39, 0.29) is 6.03 Å². The van der Waals surface area contributed by atoms with Gasteiger partial charge in [-0.1, -0.05) is 19.3 Å². The number of carbonyl (C=O) groups excluding carboxylic acids is 2. The van der Waals surface area contributed by atoms with Gasteiger partial charge in [-0.05, 0) is 25.7 Å². The minimum Gasteiger partial charge on any atom is -0.368 e. The van der Waals surface area contributed by atoms with Crippen LogP contribution in [0.15, 0.2) is 6.33 Å². The number of carbonyl (C=O) groups is 2. The van der Waals surface area contributed by atoms with Gasteiger partial charge in [-0.15, -0.1) is 10.2 Å². The van der Waals surface area contributed by atoms with Crippen molar-refractivity contribution in [1.82, 2.24) is 25.0 Å². The van der Waals surface area contributed by atoms with Crippen LogP contribution in [0.5, 0.6) is 0 Å². The summed E-state index contributed by atoms with van der Waals surface area (Å²) < 4.78 is 2.08. The van der Waals surface area contributed by atoms with E-state index in [9.17, 15) is 9.59 Å². The molecule has 1 atom stereocenters. The van der Waals surface area contributed by atoms with Crippen molar-refractivity contribution in [2.45, 2.75) is 63.6 Å². The first-order valence-corrected chi connectivity index (χ1v) is 8.39. The standard InChI is InChI=1S/C15H24N6O2/c16-14(22)12-7-4-8-20(12)15(23)17-9-13-19-18-10-21(13)11-5-2-1-3-6-11/h10-12H,1-9H2,(H2,16,22)(H,17,23)/t12-/m1/s1. The summed E-state index contributed by atoms with van der Waals surface area (Å²) in [5.41, 5.74) is 5.35. The molecule has 0 unspecified atom stereocenters. The molecule has 8 nitrogen and oxygen atoms in total. The smallest absolute Gasteiger partial charge is 0.318 e. The lowest BCUT2D eigenvalue weighted by Crippen LogP contribution is -2.48. The van der Waals surface area contributed by atoms with E-state index in [1.807, 2.05) is 0 Å². The molecule has 1 aliphatic carbocycles. The number of nitrogens with zero attached hydrogens (tertiary/aromatic N) is 4. The predicted octanol–water partition coefficient (Wildman–Crippen LogP) is 0.943. The van der Waals surface area contributed by atoms with Crippen LogP contribution in [0.2, 0.25) is 0 Å². The third kappa shape index (κ3) is 3.46. The van der Waals surface area contributed by atoms with E-state index in [2.05, 4.69) is 20.1 Å². The molecule has 2 fully saturated rings. The number of primary amides is 1. The van der Waals surface area contributed by atoms with E-state index < -0.39 is 11.9 Å². The number of nitrogens with one attached hydrogen (secondary N) is 1. The SMILES string of the molecule is NC(=O)[C@H]1CCCN1C(=O)NCc1nncn1C1CCCCC1. The van der Waals surface area contributed by atoms with Crippen molar-refractivity contribution in [2.24, 2.45) is 5.73 Å². The summed E-state index contributed by atoms with van der Waals surface area (Å²) in [7, 11) is 0. The zero-order valence-electron chi connectivity index (χ0n) is 13.3. The zero-order chi connectivity index (χ0) is 16.2. The number of nitrogens with two attached hydrogens (primary N) is 1. The molecule has 1 saturated carbocycles. The maximum Gasteiger partial charge on any atom is 0.318 e. The van der Waals surface area contributed by atoms with E-state index in [4.69, 9.17) is 5.73 Å². The Labute approximate surface area is 135 Å². The van der Waals surface area contributed by atoms with Crippen LogP contribution in [0, 0.1) is 0 Å². The summed E-state index contributed by atoms with van der Waals surface area (Å²) in [4.78, 5) is 25.2. The normalized spacial score (nSPS) is 22.3. The summed E-state index contributed by atoms with van der Waals surface area (Å²) in [6.07, 6.45) is 9.20. The van der Waals surface area contributed by atoms with Crippen LogP contribution in [0.1, 0.15) is 56.8 Å². The quantitative estimate of drug-likeness (QED) is 0.861. The second-order valence-corrected chi connectivity index (χ2v) is 6.36. The molecular weight excluding hydrogens is 296 g/mol. The van der Waals surface area contributed by atoms with Crippen molar-refractivity contribution in [3.05, 3.63) is 12.2 Å². The number of urea groups is 1. The first-order valence-electron chi connectivity index (χ1n) is 8.39. The fourth-order valence-corrected chi connectivity index (χ4v) is 3.62. The molecule has 1 saturated heterocycles. The lowest BCUT2D eigenvalue weighted by atomic mass is 9.95. The Bertz CT molecular complexity index is 566. The Kier molecular flexibility index (Phi) is 4.78. The van der Waals surface area contributed by atoms with Crippen LogP contribution in [-0.2, 0) is 11.3 Å². The molecule has 2 aliphatic rings.